The van der Waals surface area contributed by atoms with Gasteiger partial charge in [-0.05, 0) is 13.8 Å². The van der Waals surface area contributed by atoms with Gasteiger partial charge in [-0.15, -0.1) is 5.10 Å². The van der Waals surface area contributed by atoms with Crippen molar-refractivity contribution in [3.05, 3.63) is 0 Å². The number of nitrogens with zero attached hydrogens (tertiary/aromatic N) is 3. The van der Waals surface area contributed by atoms with E-state index in [0.717, 1.165) is 0 Å². The number of hydrazine groups is 1. The highest BCUT2D eigenvalue weighted by Gasteiger charge is 2.07. The number of hydrogen-bond acceptors (Lipinski definition) is 5. The van der Waals surface area contributed by atoms with Crippen molar-refractivity contribution >= 4 is 11.9 Å². The molecule has 1 aromatic rings. The Hall–Kier alpha value is -1.30. The molecule has 0 saturated carbocycles. The first-order chi connectivity index (χ1) is 5.15. The summed E-state index contributed by atoms with van der Waals surface area (Å²) in [5.41, 5.74) is 7.83. The van der Waals surface area contributed by atoms with Crippen LogP contribution < -0.4 is 17.0 Å². The molecule has 11 heavy (non-hydrogen) atoms. The molecular formula is C5H12N6. The van der Waals surface area contributed by atoms with E-state index in [1.807, 2.05) is 13.8 Å². The van der Waals surface area contributed by atoms with Gasteiger partial charge in [0.2, 0.25) is 5.95 Å². The average Bonchev–Trinajstić information content (AvgIpc) is 2.30. The minimum atomic E-state index is 0.199. The maximum absolute atomic E-state index is 5.51. The maximum Gasteiger partial charge on any atom is 0.258 e. The largest absolute Gasteiger partial charge is 0.368 e. The number of hydrogen-bond donors (Lipinski definition) is 3. The first-order valence-corrected chi connectivity index (χ1v) is 3.33. The van der Waals surface area contributed by atoms with E-state index in [4.69, 9.17) is 11.6 Å². The molecule has 6 heteroatoms. The van der Waals surface area contributed by atoms with Crippen LogP contribution in [0.3, 0.4) is 0 Å². The number of rotatable bonds is 2. The summed E-state index contributed by atoms with van der Waals surface area (Å²) in [5, 5.41) is 3.97. The lowest BCUT2D eigenvalue weighted by Gasteiger charge is -2.04. The van der Waals surface area contributed by atoms with Crippen molar-refractivity contribution in [2.24, 2.45) is 5.84 Å². The molecule has 0 aliphatic rings. The topological polar surface area (TPSA) is 94.8 Å². The van der Waals surface area contributed by atoms with Crippen molar-refractivity contribution in [1.29, 1.82) is 0 Å². The Bertz CT molecular complexity index is 239. The van der Waals surface area contributed by atoms with Gasteiger partial charge in [-0.2, -0.15) is 4.98 Å². The molecule has 5 N–H and O–H groups in total. The Morgan fingerprint density at radius 2 is 2.18 bits per heavy atom. The predicted octanol–water partition coefficient (Wildman–Crippen LogP) is -0.273. The molecule has 0 fully saturated rings. The molecule has 0 spiro atoms. The van der Waals surface area contributed by atoms with Gasteiger partial charge in [-0.3, -0.25) is 5.43 Å². The molecule has 0 amide bonds. The summed E-state index contributed by atoms with van der Waals surface area (Å²) in [7, 11) is 0. The Morgan fingerprint density at radius 3 is 2.45 bits per heavy atom. The predicted molar refractivity (Wildman–Crippen MR) is 42.6 cm³/mol. The van der Waals surface area contributed by atoms with Crippen LogP contribution in [0.15, 0.2) is 0 Å². The van der Waals surface area contributed by atoms with Crippen LogP contribution in [0.5, 0.6) is 0 Å². The summed E-state index contributed by atoms with van der Waals surface area (Å²) < 4.78 is 1.59. The van der Waals surface area contributed by atoms with Gasteiger partial charge in [-0.25, -0.2) is 10.5 Å². The first-order valence-electron chi connectivity index (χ1n) is 3.33. The quantitative estimate of drug-likeness (QED) is 0.404. The van der Waals surface area contributed by atoms with Gasteiger partial charge < -0.3 is 5.73 Å². The molecule has 0 aliphatic carbocycles. The van der Waals surface area contributed by atoms with Gasteiger partial charge >= 0.3 is 0 Å². The molecule has 0 aromatic carbocycles. The third-order valence-corrected chi connectivity index (χ3v) is 1.28. The second kappa shape index (κ2) is 2.75. The van der Waals surface area contributed by atoms with E-state index in [-0.39, 0.29) is 6.04 Å². The van der Waals surface area contributed by atoms with Gasteiger partial charge in [0.25, 0.3) is 5.95 Å². The molecule has 62 valence electrons. The van der Waals surface area contributed by atoms with E-state index in [0.29, 0.717) is 11.9 Å². The van der Waals surface area contributed by atoms with Crippen LogP contribution in [-0.4, -0.2) is 14.8 Å². The van der Waals surface area contributed by atoms with Crippen LogP contribution in [0.2, 0.25) is 0 Å². The van der Waals surface area contributed by atoms with E-state index in [1.165, 1.54) is 0 Å². The van der Waals surface area contributed by atoms with Crippen molar-refractivity contribution < 1.29 is 0 Å². The van der Waals surface area contributed by atoms with Gasteiger partial charge in [0, 0.05) is 0 Å². The number of nitrogen functional groups attached to an aromatic ring is 2. The van der Waals surface area contributed by atoms with Gasteiger partial charge in [0.15, 0.2) is 0 Å². The number of nitrogens with two attached hydrogens (primary N) is 2. The highest BCUT2D eigenvalue weighted by atomic mass is 15.5. The zero-order valence-electron chi connectivity index (χ0n) is 6.57. The van der Waals surface area contributed by atoms with E-state index in [2.05, 4.69) is 15.5 Å². The second-order valence-electron chi connectivity index (χ2n) is 2.48. The zero-order chi connectivity index (χ0) is 8.43. The third-order valence-electron chi connectivity index (χ3n) is 1.28. The summed E-state index contributed by atoms with van der Waals surface area (Å²) in [6.45, 7) is 3.93. The van der Waals surface area contributed by atoms with Gasteiger partial charge in [0.05, 0.1) is 6.04 Å². The minimum absolute atomic E-state index is 0.199. The molecule has 6 nitrogen and oxygen atoms in total. The van der Waals surface area contributed by atoms with Crippen LogP contribution in [0, 0.1) is 0 Å². The molecule has 0 aliphatic heterocycles. The van der Waals surface area contributed by atoms with Crippen LogP contribution in [0.25, 0.3) is 0 Å². The molecule has 0 saturated heterocycles. The maximum atomic E-state index is 5.51. The van der Waals surface area contributed by atoms with Gasteiger partial charge in [-0.1, -0.05) is 0 Å². The van der Waals surface area contributed by atoms with Crippen LogP contribution in [0.1, 0.15) is 19.9 Å². The van der Waals surface area contributed by atoms with Crippen LogP contribution in [-0.2, 0) is 0 Å². The Balaban J connectivity index is 2.97. The summed E-state index contributed by atoms with van der Waals surface area (Å²) >= 11 is 0. The van der Waals surface area contributed by atoms with Crippen molar-refractivity contribution in [2.75, 3.05) is 11.2 Å². The number of anilines is 2. The smallest absolute Gasteiger partial charge is 0.258 e. The molecule has 1 aromatic heterocycles. The lowest BCUT2D eigenvalue weighted by molar-refractivity contribution is 0.541. The molecule has 1 rings (SSSR count). The molecule has 1 heterocycles. The fourth-order valence-corrected chi connectivity index (χ4v) is 0.777. The van der Waals surface area contributed by atoms with Gasteiger partial charge in [0.1, 0.15) is 0 Å². The van der Waals surface area contributed by atoms with E-state index >= 15 is 0 Å². The highest BCUT2D eigenvalue weighted by Crippen LogP contribution is 2.10. The molecule has 0 radical (unpaired) electrons. The fraction of sp³-hybridized carbons (Fsp3) is 0.600. The van der Waals surface area contributed by atoms with E-state index in [1.54, 1.807) is 4.68 Å². The highest BCUT2D eigenvalue weighted by molar-refractivity contribution is 5.30. The zero-order valence-corrected chi connectivity index (χ0v) is 6.57. The van der Waals surface area contributed by atoms with Crippen LogP contribution >= 0.6 is 0 Å². The van der Waals surface area contributed by atoms with Crippen molar-refractivity contribution in [3.63, 3.8) is 0 Å². The Morgan fingerprint density at radius 1 is 1.55 bits per heavy atom. The Labute approximate surface area is 64.6 Å². The summed E-state index contributed by atoms with van der Waals surface area (Å²) in [5.74, 6) is 5.80. The second-order valence-corrected chi connectivity index (χ2v) is 2.48. The van der Waals surface area contributed by atoms with Crippen molar-refractivity contribution in [1.82, 2.24) is 14.8 Å². The monoisotopic (exact) mass is 156 g/mol. The van der Waals surface area contributed by atoms with Crippen molar-refractivity contribution in [2.45, 2.75) is 19.9 Å². The van der Waals surface area contributed by atoms with E-state index in [9.17, 15) is 0 Å². The third kappa shape index (κ3) is 1.40. The molecule has 0 atom stereocenters. The first kappa shape index (κ1) is 7.80. The fourth-order valence-electron chi connectivity index (χ4n) is 0.777. The number of nitrogens with one attached hydrogen (secondary N) is 1. The standard InChI is InChI=1S/C5H12N6/c1-3(2)11-4(6)8-5(9-7)10-11/h3H,7H2,1-2H3,(H3,6,8,9,10). The molecule has 0 bridgehead atoms. The SMILES string of the molecule is CC(C)n1nc(NN)nc1N. The van der Waals surface area contributed by atoms with Crippen LogP contribution in [0.4, 0.5) is 11.9 Å². The Kier molecular flexibility index (Phi) is 1.95. The number of aromatic nitrogens is 3. The normalized spacial score (nSPS) is 10.5. The lowest BCUT2D eigenvalue weighted by Crippen LogP contribution is -2.10. The van der Waals surface area contributed by atoms with E-state index < -0.39 is 0 Å². The minimum Gasteiger partial charge on any atom is -0.368 e. The van der Waals surface area contributed by atoms with Crippen molar-refractivity contribution in [3.8, 4) is 0 Å². The summed E-state index contributed by atoms with van der Waals surface area (Å²) in [6.07, 6.45) is 0. The molecule has 0 unspecified atom stereocenters. The summed E-state index contributed by atoms with van der Waals surface area (Å²) in [4.78, 5) is 3.84. The lowest BCUT2D eigenvalue weighted by atomic mass is 10.4. The summed E-state index contributed by atoms with van der Waals surface area (Å²) in [6, 6.07) is 0.199. The average molecular weight is 156 g/mol. The molecular weight excluding hydrogens is 144 g/mol.